The van der Waals surface area contributed by atoms with Gasteiger partial charge in [-0.25, -0.2) is 8.42 Å². The summed E-state index contributed by atoms with van der Waals surface area (Å²) in [7, 11) is -1.62. The van der Waals surface area contributed by atoms with Crippen molar-refractivity contribution in [2.24, 2.45) is 7.05 Å². The largest absolute Gasteiger partial charge is 0.344 e. The number of carbonyl (C=O) groups is 1. The van der Waals surface area contributed by atoms with E-state index in [1.807, 2.05) is 19.9 Å². The third kappa shape index (κ3) is 3.67. The van der Waals surface area contributed by atoms with Gasteiger partial charge in [0.25, 0.3) is 5.91 Å². The van der Waals surface area contributed by atoms with Crippen molar-refractivity contribution in [1.29, 1.82) is 0 Å². The number of aromatic nitrogens is 1. The fourth-order valence-corrected chi connectivity index (χ4v) is 2.66. The molecule has 0 atom stereocenters. The van der Waals surface area contributed by atoms with E-state index in [0.717, 1.165) is 17.5 Å². The lowest BCUT2D eigenvalue weighted by atomic mass is 10.2. The zero-order valence-electron chi connectivity index (χ0n) is 13.0. The Balaban J connectivity index is 2.34. The molecule has 0 radical (unpaired) electrons. The molecular formula is C15H19N3O3S. The standard InChI is InChI=1S/C15H19N3O3S/c1-10-5-7-12(17-22(4,20)21)13(9-10)16-15(19)14-8-6-11(2)18(14)3/h5-9,17H,1-4H3,(H,16,19). The summed E-state index contributed by atoms with van der Waals surface area (Å²) in [5, 5.41) is 2.76. The summed E-state index contributed by atoms with van der Waals surface area (Å²) in [5.74, 6) is -0.294. The third-order valence-corrected chi connectivity index (χ3v) is 3.91. The van der Waals surface area contributed by atoms with Gasteiger partial charge in [-0.05, 0) is 43.7 Å². The van der Waals surface area contributed by atoms with Gasteiger partial charge in [-0.2, -0.15) is 0 Å². The lowest BCUT2D eigenvalue weighted by Gasteiger charge is -2.13. The maximum absolute atomic E-state index is 12.4. The van der Waals surface area contributed by atoms with Gasteiger partial charge in [0.05, 0.1) is 17.6 Å². The number of rotatable bonds is 4. The van der Waals surface area contributed by atoms with Crippen LogP contribution in [-0.4, -0.2) is 25.1 Å². The molecule has 2 rings (SSSR count). The lowest BCUT2D eigenvalue weighted by molar-refractivity contribution is 0.101. The van der Waals surface area contributed by atoms with Gasteiger partial charge in [0, 0.05) is 12.7 Å². The molecular weight excluding hydrogens is 302 g/mol. The number of anilines is 2. The van der Waals surface area contributed by atoms with Crippen LogP contribution in [0.5, 0.6) is 0 Å². The van der Waals surface area contributed by atoms with E-state index in [4.69, 9.17) is 0 Å². The molecule has 0 fully saturated rings. The molecule has 6 nitrogen and oxygen atoms in total. The Morgan fingerprint density at radius 2 is 1.77 bits per heavy atom. The molecule has 2 N–H and O–H groups in total. The average molecular weight is 321 g/mol. The Bertz CT molecular complexity index is 823. The van der Waals surface area contributed by atoms with Crippen LogP contribution in [0.1, 0.15) is 21.7 Å². The van der Waals surface area contributed by atoms with E-state index < -0.39 is 10.0 Å². The minimum absolute atomic E-state index is 0.294. The quantitative estimate of drug-likeness (QED) is 0.906. The maximum Gasteiger partial charge on any atom is 0.272 e. The van der Waals surface area contributed by atoms with Crippen LogP contribution in [-0.2, 0) is 17.1 Å². The van der Waals surface area contributed by atoms with Crippen LogP contribution in [0.15, 0.2) is 30.3 Å². The summed E-state index contributed by atoms with van der Waals surface area (Å²) in [4.78, 5) is 12.4. The van der Waals surface area contributed by atoms with E-state index in [0.29, 0.717) is 17.1 Å². The first-order valence-corrected chi connectivity index (χ1v) is 8.58. The first kappa shape index (κ1) is 16.1. The smallest absolute Gasteiger partial charge is 0.272 e. The van der Waals surface area contributed by atoms with E-state index in [2.05, 4.69) is 10.0 Å². The summed E-state index contributed by atoms with van der Waals surface area (Å²) in [6.07, 6.45) is 1.07. The highest BCUT2D eigenvalue weighted by molar-refractivity contribution is 7.92. The van der Waals surface area contributed by atoms with Crippen LogP contribution in [0.2, 0.25) is 0 Å². The van der Waals surface area contributed by atoms with Crippen LogP contribution in [0, 0.1) is 13.8 Å². The molecule has 22 heavy (non-hydrogen) atoms. The molecule has 0 aliphatic rings. The zero-order chi connectivity index (χ0) is 16.5. The minimum Gasteiger partial charge on any atom is -0.344 e. The van der Waals surface area contributed by atoms with Gasteiger partial charge >= 0.3 is 0 Å². The second kappa shape index (κ2) is 5.84. The SMILES string of the molecule is Cc1ccc(NS(C)(=O)=O)c(NC(=O)c2ccc(C)n2C)c1. The molecule has 0 bridgehead atoms. The molecule has 7 heteroatoms. The Labute approximate surface area is 130 Å². The van der Waals surface area contributed by atoms with E-state index in [1.165, 1.54) is 0 Å². The number of sulfonamides is 1. The Morgan fingerprint density at radius 1 is 1.09 bits per heavy atom. The molecule has 0 spiro atoms. The van der Waals surface area contributed by atoms with Crippen molar-refractivity contribution >= 4 is 27.3 Å². The summed E-state index contributed by atoms with van der Waals surface area (Å²) in [6.45, 7) is 3.77. The highest BCUT2D eigenvalue weighted by atomic mass is 32.2. The predicted molar refractivity (Wildman–Crippen MR) is 87.7 cm³/mol. The average Bonchev–Trinajstić information content (AvgIpc) is 2.72. The van der Waals surface area contributed by atoms with Crippen molar-refractivity contribution in [3.8, 4) is 0 Å². The predicted octanol–water partition coefficient (Wildman–Crippen LogP) is 2.27. The van der Waals surface area contributed by atoms with Crippen LogP contribution in [0.3, 0.4) is 0 Å². The number of hydrogen-bond donors (Lipinski definition) is 2. The summed E-state index contributed by atoms with van der Waals surface area (Å²) < 4.78 is 27.0. The molecule has 1 amide bonds. The molecule has 1 heterocycles. The van der Waals surface area contributed by atoms with E-state index >= 15 is 0 Å². The van der Waals surface area contributed by atoms with E-state index in [9.17, 15) is 13.2 Å². The first-order valence-electron chi connectivity index (χ1n) is 6.69. The Morgan fingerprint density at radius 3 is 2.32 bits per heavy atom. The van der Waals surface area contributed by atoms with Gasteiger partial charge in [-0.15, -0.1) is 0 Å². The summed E-state index contributed by atoms with van der Waals surface area (Å²) in [6, 6.07) is 8.70. The molecule has 0 saturated heterocycles. The van der Waals surface area contributed by atoms with Crippen molar-refractivity contribution in [3.05, 3.63) is 47.3 Å². The van der Waals surface area contributed by atoms with Crippen LogP contribution in [0.25, 0.3) is 0 Å². The van der Waals surface area contributed by atoms with E-state index in [-0.39, 0.29) is 5.91 Å². The molecule has 0 saturated carbocycles. The number of benzene rings is 1. The van der Waals surface area contributed by atoms with Crippen LogP contribution >= 0.6 is 0 Å². The van der Waals surface area contributed by atoms with Gasteiger partial charge in [-0.1, -0.05) is 6.07 Å². The number of nitrogens with one attached hydrogen (secondary N) is 2. The van der Waals surface area contributed by atoms with Crippen molar-refractivity contribution in [3.63, 3.8) is 0 Å². The van der Waals surface area contributed by atoms with Crippen molar-refractivity contribution < 1.29 is 13.2 Å². The normalized spacial score (nSPS) is 11.3. The number of amides is 1. The summed E-state index contributed by atoms with van der Waals surface area (Å²) >= 11 is 0. The zero-order valence-corrected chi connectivity index (χ0v) is 13.8. The third-order valence-electron chi connectivity index (χ3n) is 3.32. The number of nitrogens with zero attached hydrogens (tertiary/aromatic N) is 1. The molecule has 1 aromatic heterocycles. The minimum atomic E-state index is -3.42. The highest BCUT2D eigenvalue weighted by Crippen LogP contribution is 2.24. The monoisotopic (exact) mass is 321 g/mol. The fraction of sp³-hybridized carbons (Fsp3) is 0.267. The van der Waals surface area contributed by atoms with Gasteiger partial charge in [0.1, 0.15) is 5.69 Å². The van der Waals surface area contributed by atoms with Crippen LogP contribution in [0.4, 0.5) is 11.4 Å². The van der Waals surface area contributed by atoms with Gasteiger partial charge < -0.3 is 9.88 Å². The molecule has 1 aromatic carbocycles. The fourth-order valence-electron chi connectivity index (χ4n) is 2.08. The molecule has 0 aliphatic carbocycles. The molecule has 0 unspecified atom stereocenters. The second-order valence-electron chi connectivity index (χ2n) is 5.30. The Hall–Kier alpha value is -2.28. The number of aryl methyl sites for hydroxylation is 2. The maximum atomic E-state index is 12.4. The highest BCUT2D eigenvalue weighted by Gasteiger charge is 2.14. The number of carbonyl (C=O) groups excluding carboxylic acids is 1. The topological polar surface area (TPSA) is 80.2 Å². The molecule has 118 valence electrons. The molecule has 0 aliphatic heterocycles. The number of hydrogen-bond acceptors (Lipinski definition) is 3. The van der Waals surface area contributed by atoms with Crippen molar-refractivity contribution in [1.82, 2.24) is 4.57 Å². The van der Waals surface area contributed by atoms with E-state index in [1.54, 1.807) is 35.9 Å². The van der Waals surface area contributed by atoms with Gasteiger partial charge in [-0.3, -0.25) is 9.52 Å². The molecule has 2 aromatic rings. The first-order chi connectivity index (χ1) is 10.2. The lowest BCUT2D eigenvalue weighted by Crippen LogP contribution is -2.18. The summed E-state index contributed by atoms with van der Waals surface area (Å²) in [5.41, 5.74) is 3.15. The van der Waals surface area contributed by atoms with Crippen LogP contribution < -0.4 is 10.0 Å². The Kier molecular flexibility index (Phi) is 4.27. The second-order valence-corrected chi connectivity index (χ2v) is 7.04. The van der Waals surface area contributed by atoms with Gasteiger partial charge in [0.2, 0.25) is 10.0 Å². The van der Waals surface area contributed by atoms with Gasteiger partial charge in [0.15, 0.2) is 0 Å². The van der Waals surface area contributed by atoms with Crippen molar-refractivity contribution in [2.75, 3.05) is 16.3 Å². The van der Waals surface area contributed by atoms with Crippen molar-refractivity contribution in [2.45, 2.75) is 13.8 Å².